The Labute approximate surface area is 79.3 Å². The highest BCUT2D eigenvalue weighted by Gasteiger charge is 2.05. The van der Waals surface area contributed by atoms with Crippen molar-refractivity contribution >= 4 is 17.3 Å². The second-order valence-electron chi connectivity index (χ2n) is 2.45. The molecule has 0 fully saturated rings. The number of aromatic nitrogens is 2. The lowest BCUT2D eigenvalue weighted by Crippen LogP contribution is -1.93. The molecule has 66 valence electrons. The molecule has 2 heterocycles. The minimum absolute atomic E-state index is 0.204. The first-order chi connectivity index (χ1) is 6.27. The van der Waals surface area contributed by atoms with Crippen LogP contribution in [0.3, 0.4) is 0 Å². The summed E-state index contributed by atoms with van der Waals surface area (Å²) in [4.78, 5) is 0. The summed E-state index contributed by atoms with van der Waals surface area (Å²) in [6.45, 7) is 0. The van der Waals surface area contributed by atoms with Crippen molar-refractivity contribution in [1.29, 1.82) is 0 Å². The molecule has 0 aliphatic carbocycles. The molecular formula is C8H6ClN3O. The van der Waals surface area contributed by atoms with Crippen molar-refractivity contribution in [3.8, 4) is 11.5 Å². The third-order valence-electron chi connectivity index (χ3n) is 1.55. The maximum atomic E-state index is 5.61. The minimum atomic E-state index is 0.204. The van der Waals surface area contributed by atoms with Crippen LogP contribution in [0.2, 0.25) is 5.15 Å². The lowest BCUT2D eigenvalue weighted by molar-refractivity contribution is 0.579. The van der Waals surface area contributed by atoms with Crippen molar-refractivity contribution < 1.29 is 4.42 Å². The number of halogens is 1. The van der Waals surface area contributed by atoms with E-state index in [1.807, 2.05) is 0 Å². The predicted molar refractivity (Wildman–Crippen MR) is 49.2 cm³/mol. The van der Waals surface area contributed by atoms with Gasteiger partial charge in [0, 0.05) is 0 Å². The molecular weight excluding hydrogens is 190 g/mol. The number of hydrogen-bond donors (Lipinski definition) is 1. The summed E-state index contributed by atoms with van der Waals surface area (Å²) in [7, 11) is 0. The van der Waals surface area contributed by atoms with Gasteiger partial charge in [0.25, 0.3) is 0 Å². The van der Waals surface area contributed by atoms with Gasteiger partial charge < -0.3 is 10.2 Å². The van der Waals surface area contributed by atoms with Gasteiger partial charge in [0.2, 0.25) is 0 Å². The molecule has 0 amide bonds. The van der Waals surface area contributed by atoms with Crippen LogP contribution in [0.15, 0.2) is 28.9 Å². The monoisotopic (exact) mass is 195 g/mol. The van der Waals surface area contributed by atoms with Crippen LogP contribution in [0.4, 0.5) is 5.69 Å². The number of anilines is 1. The molecule has 0 saturated heterocycles. The van der Waals surface area contributed by atoms with E-state index in [0.717, 1.165) is 0 Å². The van der Waals surface area contributed by atoms with E-state index in [1.165, 1.54) is 0 Å². The molecule has 0 atom stereocenters. The van der Waals surface area contributed by atoms with Gasteiger partial charge in [0.1, 0.15) is 5.69 Å². The van der Waals surface area contributed by atoms with Gasteiger partial charge in [-0.05, 0) is 18.2 Å². The van der Waals surface area contributed by atoms with Crippen molar-refractivity contribution in [3.63, 3.8) is 0 Å². The first-order valence-electron chi connectivity index (χ1n) is 3.60. The van der Waals surface area contributed by atoms with Crippen LogP contribution in [0, 0.1) is 0 Å². The summed E-state index contributed by atoms with van der Waals surface area (Å²) in [5.41, 5.74) is 6.52. The van der Waals surface area contributed by atoms with Gasteiger partial charge in [-0.25, -0.2) is 0 Å². The first-order valence-corrected chi connectivity index (χ1v) is 3.98. The molecule has 2 aromatic heterocycles. The topological polar surface area (TPSA) is 64.9 Å². The lowest BCUT2D eigenvalue weighted by atomic mass is 10.3. The van der Waals surface area contributed by atoms with Gasteiger partial charge in [-0.1, -0.05) is 11.6 Å². The van der Waals surface area contributed by atoms with Crippen molar-refractivity contribution in [2.24, 2.45) is 0 Å². The summed E-state index contributed by atoms with van der Waals surface area (Å²) in [6, 6.07) is 5.16. The standard InChI is InChI=1S/C8H6ClN3O/c9-8-5(10)4-6(11-12-8)7-2-1-3-13-7/h1-4H,(H2,10,11). The van der Waals surface area contributed by atoms with Crippen LogP contribution in [0.1, 0.15) is 0 Å². The number of rotatable bonds is 1. The molecule has 2 N–H and O–H groups in total. The van der Waals surface area contributed by atoms with Crippen LogP contribution in [0.5, 0.6) is 0 Å². The molecule has 0 spiro atoms. The molecule has 0 aliphatic heterocycles. The molecule has 0 aliphatic rings. The SMILES string of the molecule is Nc1cc(-c2ccco2)nnc1Cl. The Hall–Kier alpha value is -1.55. The van der Waals surface area contributed by atoms with Crippen LogP contribution in [-0.4, -0.2) is 10.2 Å². The second kappa shape index (κ2) is 3.06. The molecule has 4 nitrogen and oxygen atoms in total. The summed E-state index contributed by atoms with van der Waals surface area (Å²) in [5.74, 6) is 0.621. The average molecular weight is 196 g/mol. The zero-order chi connectivity index (χ0) is 9.26. The van der Waals surface area contributed by atoms with Gasteiger partial charge in [-0.2, -0.15) is 0 Å². The van der Waals surface area contributed by atoms with Gasteiger partial charge >= 0.3 is 0 Å². The maximum absolute atomic E-state index is 5.61. The number of nitrogens with two attached hydrogens (primary N) is 1. The lowest BCUT2D eigenvalue weighted by Gasteiger charge is -1.97. The molecule has 0 unspecified atom stereocenters. The molecule has 0 bridgehead atoms. The molecule has 0 aromatic carbocycles. The maximum Gasteiger partial charge on any atom is 0.174 e. The van der Waals surface area contributed by atoms with Crippen LogP contribution >= 0.6 is 11.6 Å². The largest absolute Gasteiger partial charge is 0.463 e. The van der Waals surface area contributed by atoms with Crippen molar-refractivity contribution in [2.75, 3.05) is 5.73 Å². The Kier molecular flexibility index (Phi) is 1.90. The minimum Gasteiger partial charge on any atom is -0.463 e. The predicted octanol–water partition coefficient (Wildman–Crippen LogP) is 1.97. The van der Waals surface area contributed by atoms with Gasteiger partial charge in [0.05, 0.1) is 12.0 Å². The van der Waals surface area contributed by atoms with E-state index in [9.17, 15) is 0 Å². The fourth-order valence-corrected chi connectivity index (χ4v) is 1.03. The Morgan fingerprint density at radius 2 is 2.23 bits per heavy atom. The third kappa shape index (κ3) is 1.48. The zero-order valence-electron chi connectivity index (χ0n) is 6.57. The molecule has 13 heavy (non-hydrogen) atoms. The van der Waals surface area contributed by atoms with Gasteiger partial charge in [-0.15, -0.1) is 10.2 Å². The van der Waals surface area contributed by atoms with E-state index >= 15 is 0 Å². The highest BCUT2D eigenvalue weighted by atomic mass is 35.5. The van der Waals surface area contributed by atoms with E-state index < -0.39 is 0 Å². The quantitative estimate of drug-likeness (QED) is 0.756. The smallest absolute Gasteiger partial charge is 0.174 e. The number of hydrogen-bond acceptors (Lipinski definition) is 4. The Morgan fingerprint density at radius 1 is 1.38 bits per heavy atom. The van der Waals surface area contributed by atoms with Crippen molar-refractivity contribution in [3.05, 3.63) is 29.6 Å². The fourth-order valence-electron chi connectivity index (χ4n) is 0.936. The van der Waals surface area contributed by atoms with Crippen molar-refractivity contribution in [2.45, 2.75) is 0 Å². The fraction of sp³-hybridized carbons (Fsp3) is 0. The second-order valence-corrected chi connectivity index (χ2v) is 2.81. The number of furan rings is 1. The summed E-state index contributed by atoms with van der Waals surface area (Å²) in [6.07, 6.45) is 1.56. The third-order valence-corrected chi connectivity index (χ3v) is 1.84. The van der Waals surface area contributed by atoms with Crippen molar-refractivity contribution in [1.82, 2.24) is 10.2 Å². The highest BCUT2D eigenvalue weighted by molar-refractivity contribution is 6.31. The number of nitrogens with zero attached hydrogens (tertiary/aromatic N) is 2. The molecule has 0 saturated carbocycles. The van der Waals surface area contributed by atoms with E-state index in [0.29, 0.717) is 17.1 Å². The van der Waals surface area contributed by atoms with Crippen LogP contribution < -0.4 is 5.73 Å². The molecule has 2 rings (SSSR count). The Morgan fingerprint density at radius 3 is 2.85 bits per heavy atom. The Bertz CT molecular complexity index is 413. The van der Waals surface area contributed by atoms with E-state index in [4.69, 9.17) is 21.8 Å². The normalized spacial score (nSPS) is 10.2. The zero-order valence-corrected chi connectivity index (χ0v) is 7.32. The van der Waals surface area contributed by atoms with Crippen LogP contribution in [-0.2, 0) is 0 Å². The van der Waals surface area contributed by atoms with Gasteiger partial charge in [-0.3, -0.25) is 0 Å². The Balaban J connectivity index is 2.49. The van der Waals surface area contributed by atoms with E-state index in [-0.39, 0.29) is 5.15 Å². The summed E-state index contributed by atoms with van der Waals surface area (Å²) >= 11 is 5.61. The first kappa shape index (κ1) is 8.07. The summed E-state index contributed by atoms with van der Waals surface area (Å²) in [5, 5.41) is 7.69. The number of nitrogen functional groups attached to an aromatic ring is 1. The summed E-state index contributed by atoms with van der Waals surface area (Å²) < 4.78 is 5.11. The van der Waals surface area contributed by atoms with E-state index in [1.54, 1.807) is 24.5 Å². The average Bonchev–Trinajstić information content (AvgIpc) is 2.62. The molecule has 0 radical (unpaired) electrons. The van der Waals surface area contributed by atoms with Gasteiger partial charge in [0.15, 0.2) is 10.9 Å². The van der Waals surface area contributed by atoms with Crippen LogP contribution in [0.25, 0.3) is 11.5 Å². The molecule has 2 aromatic rings. The highest BCUT2D eigenvalue weighted by Crippen LogP contribution is 2.22. The molecule has 5 heteroatoms. The van der Waals surface area contributed by atoms with E-state index in [2.05, 4.69) is 10.2 Å².